The molecule has 0 saturated heterocycles. The molecule has 120 valence electrons. The number of hydrogen-bond acceptors (Lipinski definition) is 8. The number of rotatable bonds is 4. The lowest BCUT2D eigenvalue weighted by molar-refractivity contribution is -0.383. The van der Waals surface area contributed by atoms with E-state index in [1.54, 1.807) is 30.3 Å². The highest BCUT2D eigenvalue weighted by molar-refractivity contribution is 5.74. The number of nitrogens with two attached hydrogens (primary N) is 1. The van der Waals surface area contributed by atoms with Crippen LogP contribution >= 0.6 is 0 Å². The van der Waals surface area contributed by atoms with Crippen LogP contribution in [0.2, 0.25) is 0 Å². The fourth-order valence-electron chi connectivity index (χ4n) is 2.06. The van der Waals surface area contributed by atoms with Crippen LogP contribution in [0.5, 0.6) is 0 Å². The monoisotopic (exact) mass is 325 g/mol. The Balaban J connectivity index is 1.96. The maximum absolute atomic E-state index is 11.1. The predicted molar refractivity (Wildman–Crippen MR) is 86.7 cm³/mol. The Morgan fingerprint density at radius 3 is 2.75 bits per heavy atom. The highest BCUT2D eigenvalue weighted by Crippen LogP contribution is 2.30. The van der Waals surface area contributed by atoms with E-state index in [1.165, 1.54) is 6.07 Å². The normalized spacial score (nSPS) is 10.3. The summed E-state index contributed by atoms with van der Waals surface area (Å²) in [5, 5.41) is 20.2. The van der Waals surface area contributed by atoms with E-state index in [9.17, 15) is 14.9 Å². The van der Waals surface area contributed by atoms with Gasteiger partial charge in [-0.05, 0) is 18.2 Å². The molecule has 0 amide bonds. The van der Waals surface area contributed by atoms with Gasteiger partial charge in [-0.2, -0.15) is 5.10 Å². The second-order valence-electron chi connectivity index (χ2n) is 4.73. The first-order valence-electron chi connectivity index (χ1n) is 6.72. The van der Waals surface area contributed by atoms with Gasteiger partial charge in [0.1, 0.15) is 6.33 Å². The summed E-state index contributed by atoms with van der Waals surface area (Å²) in [7, 11) is 0. The van der Waals surface area contributed by atoms with Crippen LogP contribution < -0.4 is 16.6 Å². The Kier molecular flexibility index (Phi) is 3.85. The summed E-state index contributed by atoms with van der Waals surface area (Å²) >= 11 is 0. The smallest absolute Gasteiger partial charge is 0.353 e. The number of nitrogens with zero attached hydrogens (tertiary/aromatic N) is 4. The number of aromatic amines is 1. The quantitative estimate of drug-likeness (QED) is 0.481. The van der Waals surface area contributed by atoms with Crippen molar-refractivity contribution in [2.45, 2.75) is 0 Å². The van der Waals surface area contributed by atoms with Gasteiger partial charge in [0.2, 0.25) is 11.6 Å². The van der Waals surface area contributed by atoms with E-state index >= 15 is 0 Å². The molecule has 0 atom stereocenters. The molecule has 3 rings (SSSR count). The van der Waals surface area contributed by atoms with Crippen LogP contribution in [0.1, 0.15) is 0 Å². The summed E-state index contributed by atoms with van der Waals surface area (Å²) in [6.45, 7) is 0. The summed E-state index contributed by atoms with van der Waals surface area (Å²) in [5.41, 5.74) is 6.63. The number of nitrogen functional groups attached to an aromatic ring is 1. The molecular weight excluding hydrogens is 314 g/mol. The largest absolute Gasteiger partial charge is 0.378 e. The zero-order valence-electron chi connectivity index (χ0n) is 12.1. The second kappa shape index (κ2) is 6.12. The lowest BCUT2D eigenvalue weighted by atomic mass is 10.1. The van der Waals surface area contributed by atoms with Crippen LogP contribution in [0.4, 0.5) is 23.0 Å². The Morgan fingerprint density at radius 2 is 2.04 bits per heavy atom. The van der Waals surface area contributed by atoms with E-state index in [0.29, 0.717) is 16.9 Å². The molecule has 4 N–H and O–H groups in total. The van der Waals surface area contributed by atoms with Crippen molar-refractivity contribution in [2.75, 3.05) is 11.1 Å². The van der Waals surface area contributed by atoms with Gasteiger partial charge in [0.05, 0.1) is 10.6 Å². The van der Waals surface area contributed by atoms with Gasteiger partial charge in [-0.15, -0.1) is 0 Å². The molecule has 0 spiro atoms. The van der Waals surface area contributed by atoms with Crippen LogP contribution in [-0.4, -0.2) is 25.1 Å². The maximum atomic E-state index is 11.1. The van der Waals surface area contributed by atoms with Crippen LogP contribution in [0.25, 0.3) is 11.3 Å². The number of nitrogens with one attached hydrogen (secondary N) is 2. The topological polar surface area (TPSA) is 153 Å². The van der Waals surface area contributed by atoms with Crippen molar-refractivity contribution in [1.82, 2.24) is 20.2 Å². The molecule has 0 saturated carbocycles. The summed E-state index contributed by atoms with van der Waals surface area (Å²) in [6, 6.07) is 9.87. The van der Waals surface area contributed by atoms with Gasteiger partial charge in [-0.1, -0.05) is 12.1 Å². The average molecular weight is 325 g/mol. The molecule has 2 heterocycles. The summed E-state index contributed by atoms with van der Waals surface area (Å²) in [6.07, 6.45) is 1.14. The van der Waals surface area contributed by atoms with Crippen LogP contribution in [-0.2, 0) is 0 Å². The number of nitro groups is 1. The van der Waals surface area contributed by atoms with Crippen LogP contribution in [0.15, 0.2) is 47.5 Å². The minimum atomic E-state index is -0.648. The number of anilines is 3. The Labute approximate surface area is 134 Å². The molecule has 0 aliphatic heterocycles. The van der Waals surface area contributed by atoms with Crippen LogP contribution in [0, 0.1) is 10.1 Å². The summed E-state index contributed by atoms with van der Waals surface area (Å²) in [5.74, 6) is -0.241. The minimum absolute atomic E-state index is 0.0147. The molecule has 24 heavy (non-hydrogen) atoms. The van der Waals surface area contributed by atoms with E-state index in [1.807, 2.05) is 0 Å². The molecule has 3 aromatic rings. The van der Waals surface area contributed by atoms with Crippen molar-refractivity contribution in [3.8, 4) is 11.3 Å². The first-order valence-corrected chi connectivity index (χ1v) is 6.72. The number of H-pyrrole nitrogens is 1. The molecule has 10 nitrogen and oxygen atoms in total. The van der Waals surface area contributed by atoms with Gasteiger partial charge in [0.25, 0.3) is 5.56 Å². The highest BCUT2D eigenvalue weighted by Gasteiger charge is 2.21. The zero-order chi connectivity index (χ0) is 17.1. The van der Waals surface area contributed by atoms with Crippen molar-refractivity contribution in [1.29, 1.82) is 0 Å². The predicted octanol–water partition coefficient (Wildman–Crippen LogP) is 1.46. The first kappa shape index (κ1) is 15.1. The molecule has 0 aliphatic carbocycles. The van der Waals surface area contributed by atoms with Crippen molar-refractivity contribution in [2.24, 2.45) is 0 Å². The van der Waals surface area contributed by atoms with Crippen molar-refractivity contribution >= 4 is 23.0 Å². The molecule has 2 aromatic heterocycles. The molecule has 0 aliphatic rings. The molecule has 10 heteroatoms. The SMILES string of the molecule is Nc1ncnc(Nc2cccc(-c3ccc(=O)[nH]n3)c2)c1[N+](=O)[O-]. The average Bonchev–Trinajstić information content (AvgIpc) is 2.55. The Bertz CT molecular complexity index is 950. The minimum Gasteiger partial charge on any atom is -0.378 e. The van der Waals surface area contributed by atoms with E-state index in [-0.39, 0.29) is 17.2 Å². The zero-order valence-corrected chi connectivity index (χ0v) is 12.1. The molecule has 0 fully saturated rings. The third-order valence-corrected chi connectivity index (χ3v) is 3.13. The third kappa shape index (κ3) is 3.02. The molecular formula is C14H11N7O3. The maximum Gasteiger partial charge on any atom is 0.353 e. The second-order valence-corrected chi connectivity index (χ2v) is 4.73. The lowest BCUT2D eigenvalue weighted by Crippen LogP contribution is -2.06. The van der Waals surface area contributed by atoms with Gasteiger partial charge < -0.3 is 11.1 Å². The standard InChI is InChI=1S/C14H11N7O3/c15-13-12(21(23)24)14(17-7-16-13)18-9-3-1-2-8(6-9)10-4-5-11(22)20-19-10/h1-7H,(H,20,22)(H3,15,16,17,18). The van der Waals surface area contributed by atoms with Crippen molar-refractivity contribution in [3.05, 3.63) is 63.2 Å². The molecule has 0 radical (unpaired) electrons. The summed E-state index contributed by atoms with van der Waals surface area (Å²) < 4.78 is 0. The lowest BCUT2D eigenvalue weighted by Gasteiger charge is -2.08. The Hall–Kier alpha value is -3.82. The van der Waals surface area contributed by atoms with Crippen molar-refractivity contribution in [3.63, 3.8) is 0 Å². The fraction of sp³-hybridized carbons (Fsp3) is 0. The van der Waals surface area contributed by atoms with Gasteiger partial charge in [0.15, 0.2) is 0 Å². The Morgan fingerprint density at radius 1 is 1.21 bits per heavy atom. The van der Waals surface area contributed by atoms with Gasteiger partial charge in [-0.3, -0.25) is 14.9 Å². The van der Waals surface area contributed by atoms with E-state index in [0.717, 1.165) is 6.33 Å². The number of aromatic nitrogens is 4. The first-order chi connectivity index (χ1) is 11.5. The van der Waals surface area contributed by atoms with Crippen LogP contribution in [0.3, 0.4) is 0 Å². The molecule has 1 aromatic carbocycles. The van der Waals surface area contributed by atoms with Crippen molar-refractivity contribution < 1.29 is 4.92 Å². The summed E-state index contributed by atoms with van der Waals surface area (Å²) in [4.78, 5) is 29.0. The van der Waals surface area contributed by atoms with E-state index in [4.69, 9.17) is 5.73 Å². The van der Waals surface area contributed by atoms with E-state index in [2.05, 4.69) is 25.5 Å². The molecule has 0 unspecified atom stereocenters. The highest BCUT2D eigenvalue weighted by atomic mass is 16.6. The van der Waals surface area contributed by atoms with Gasteiger partial charge >= 0.3 is 5.69 Å². The van der Waals surface area contributed by atoms with Gasteiger partial charge in [-0.25, -0.2) is 15.1 Å². The van der Waals surface area contributed by atoms with E-state index < -0.39 is 10.6 Å². The third-order valence-electron chi connectivity index (χ3n) is 3.13. The van der Waals surface area contributed by atoms with Gasteiger partial charge in [0, 0.05) is 17.3 Å². The number of benzene rings is 1. The number of hydrogen-bond donors (Lipinski definition) is 3. The molecule has 0 bridgehead atoms. The fourth-order valence-corrected chi connectivity index (χ4v) is 2.06.